The number of rotatable bonds is 0. The van der Waals surface area contributed by atoms with E-state index in [1.807, 2.05) is 38.1 Å². The van der Waals surface area contributed by atoms with Crippen LogP contribution in [0.1, 0.15) is 25.0 Å². The quantitative estimate of drug-likeness (QED) is 0.641. The molecule has 2 aliphatic rings. The Morgan fingerprint density at radius 3 is 2.88 bits per heavy atom. The Hall–Kier alpha value is -2.88. The first-order valence-corrected chi connectivity index (χ1v) is 7.95. The zero-order valence-electron chi connectivity index (χ0n) is 13.4. The molecule has 0 amide bonds. The molecule has 0 saturated carbocycles. The second kappa shape index (κ2) is 4.35. The van der Waals surface area contributed by atoms with Gasteiger partial charge in [0, 0.05) is 17.0 Å². The van der Waals surface area contributed by atoms with Crippen LogP contribution in [0.25, 0.3) is 28.4 Å². The van der Waals surface area contributed by atoms with E-state index in [9.17, 15) is 5.11 Å². The van der Waals surface area contributed by atoms with Crippen molar-refractivity contribution in [2.75, 3.05) is 0 Å². The summed E-state index contributed by atoms with van der Waals surface area (Å²) in [6.07, 6.45) is 4.09. The number of phenols is 1. The maximum Gasteiger partial charge on any atom is 0.145 e. The minimum Gasteiger partial charge on any atom is -0.508 e. The lowest BCUT2D eigenvalue weighted by Gasteiger charge is -2.30. The summed E-state index contributed by atoms with van der Waals surface area (Å²) >= 11 is 0. The molecule has 120 valence electrons. The minimum atomic E-state index is -0.321. The molecule has 0 bridgehead atoms. The van der Waals surface area contributed by atoms with Crippen molar-refractivity contribution in [3.8, 4) is 28.6 Å². The standard InChI is InChI=1S/C20H16O4/c1-20(2)8-7-13-16(24-20)6-5-14-18(13)22-10-15-12-4-3-11(21)9-17(12)23-19(14)15/h3-9,21H,10H2,1-2H3. The number of hydrogen-bond donors (Lipinski definition) is 1. The third kappa shape index (κ3) is 1.80. The highest BCUT2D eigenvalue weighted by atomic mass is 16.5. The van der Waals surface area contributed by atoms with Crippen molar-refractivity contribution in [1.82, 2.24) is 0 Å². The van der Waals surface area contributed by atoms with Gasteiger partial charge in [-0.05, 0) is 50.3 Å². The summed E-state index contributed by atoms with van der Waals surface area (Å²) in [6.45, 7) is 4.49. The van der Waals surface area contributed by atoms with Crippen LogP contribution in [0.4, 0.5) is 0 Å². The van der Waals surface area contributed by atoms with Crippen molar-refractivity contribution in [3.63, 3.8) is 0 Å². The second-order valence-electron chi connectivity index (χ2n) is 6.77. The van der Waals surface area contributed by atoms with Gasteiger partial charge in [0.25, 0.3) is 0 Å². The Balaban J connectivity index is 1.74. The van der Waals surface area contributed by atoms with Crippen LogP contribution in [0.5, 0.6) is 17.2 Å². The van der Waals surface area contributed by atoms with Crippen molar-refractivity contribution in [2.24, 2.45) is 0 Å². The van der Waals surface area contributed by atoms with Gasteiger partial charge in [0.15, 0.2) is 0 Å². The topological polar surface area (TPSA) is 51.8 Å². The summed E-state index contributed by atoms with van der Waals surface area (Å²) < 4.78 is 18.1. The Kier molecular flexibility index (Phi) is 2.46. The fourth-order valence-corrected chi connectivity index (χ4v) is 3.41. The molecule has 0 atom stereocenters. The minimum absolute atomic E-state index is 0.193. The number of benzene rings is 2. The van der Waals surface area contributed by atoms with Gasteiger partial charge in [-0.15, -0.1) is 0 Å². The van der Waals surface area contributed by atoms with Gasteiger partial charge < -0.3 is 19.0 Å². The lowest BCUT2D eigenvalue weighted by Crippen LogP contribution is -2.27. The Bertz CT molecular complexity index is 1020. The third-order valence-corrected chi connectivity index (χ3v) is 4.56. The van der Waals surface area contributed by atoms with Gasteiger partial charge in [-0.25, -0.2) is 0 Å². The molecule has 0 fully saturated rings. The summed E-state index contributed by atoms with van der Waals surface area (Å²) in [6, 6.07) is 9.11. The zero-order chi connectivity index (χ0) is 16.5. The predicted octanol–water partition coefficient (Wildman–Crippen LogP) is 4.88. The fourth-order valence-electron chi connectivity index (χ4n) is 3.41. The lowest BCUT2D eigenvalue weighted by molar-refractivity contribution is 0.157. The van der Waals surface area contributed by atoms with Gasteiger partial charge in [0.1, 0.15) is 40.8 Å². The van der Waals surface area contributed by atoms with E-state index in [1.165, 1.54) is 0 Å². The highest BCUT2D eigenvalue weighted by molar-refractivity contribution is 5.92. The molecule has 0 spiro atoms. The van der Waals surface area contributed by atoms with Crippen molar-refractivity contribution in [1.29, 1.82) is 0 Å². The van der Waals surface area contributed by atoms with Crippen LogP contribution in [-0.2, 0) is 6.61 Å². The molecular formula is C20H16O4. The molecule has 1 N–H and O–H groups in total. The molecule has 4 heteroatoms. The van der Waals surface area contributed by atoms with Crippen LogP contribution in [0, 0.1) is 0 Å². The molecule has 0 radical (unpaired) electrons. The van der Waals surface area contributed by atoms with Gasteiger partial charge in [0.05, 0.1) is 11.1 Å². The maximum atomic E-state index is 9.68. The largest absolute Gasteiger partial charge is 0.508 e. The van der Waals surface area contributed by atoms with E-state index in [2.05, 4.69) is 6.08 Å². The molecule has 3 heterocycles. The van der Waals surface area contributed by atoms with Crippen LogP contribution in [-0.4, -0.2) is 10.7 Å². The van der Waals surface area contributed by atoms with Gasteiger partial charge in [-0.1, -0.05) is 0 Å². The lowest BCUT2D eigenvalue weighted by atomic mass is 9.96. The summed E-state index contributed by atoms with van der Waals surface area (Å²) in [5.41, 5.74) is 3.22. The maximum absolute atomic E-state index is 9.68. The van der Waals surface area contributed by atoms with Crippen LogP contribution >= 0.6 is 0 Å². The SMILES string of the molecule is CC1(C)C=Cc2c(ccc3c2OCc2c-3oc3cc(O)ccc23)O1. The molecule has 0 saturated heterocycles. The van der Waals surface area contributed by atoms with E-state index in [0.717, 1.165) is 39.3 Å². The van der Waals surface area contributed by atoms with Crippen molar-refractivity contribution in [3.05, 3.63) is 47.5 Å². The Morgan fingerprint density at radius 1 is 1.12 bits per heavy atom. The van der Waals surface area contributed by atoms with E-state index in [1.54, 1.807) is 12.1 Å². The first-order valence-electron chi connectivity index (χ1n) is 7.95. The highest BCUT2D eigenvalue weighted by Gasteiger charge is 2.30. The third-order valence-electron chi connectivity index (χ3n) is 4.56. The summed E-state index contributed by atoms with van der Waals surface area (Å²) in [7, 11) is 0. The molecule has 1 aromatic heterocycles. The van der Waals surface area contributed by atoms with E-state index < -0.39 is 0 Å². The second-order valence-corrected chi connectivity index (χ2v) is 6.77. The Morgan fingerprint density at radius 2 is 2.00 bits per heavy atom. The van der Waals surface area contributed by atoms with Crippen molar-refractivity contribution in [2.45, 2.75) is 26.1 Å². The molecule has 3 aromatic rings. The highest BCUT2D eigenvalue weighted by Crippen LogP contribution is 2.48. The number of phenolic OH excluding ortho intramolecular Hbond substituents is 1. The number of aromatic hydroxyl groups is 1. The van der Waals surface area contributed by atoms with Gasteiger partial charge in [0.2, 0.25) is 0 Å². The first kappa shape index (κ1) is 13.5. The van der Waals surface area contributed by atoms with Gasteiger partial charge in [-0.3, -0.25) is 0 Å². The molecule has 5 rings (SSSR count). The molecule has 0 aliphatic carbocycles. The molecular weight excluding hydrogens is 304 g/mol. The van der Waals surface area contributed by atoms with E-state index in [-0.39, 0.29) is 11.4 Å². The smallest absolute Gasteiger partial charge is 0.145 e. The molecule has 4 nitrogen and oxygen atoms in total. The van der Waals surface area contributed by atoms with Crippen LogP contribution < -0.4 is 9.47 Å². The summed E-state index contributed by atoms with van der Waals surface area (Å²) in [5, 5.41) is 10.6. The normalized spacial score (nSPS) is 16.8. The molecule has 2 aliphatic heterocycles. The fraction of sp³-hybridized carbons (Fsp3) is 0.200. The summed E-state index contributed by atoms with van der Waals surface area (Å²) in [4.78, 5) is 0. The number of ether oxygens (including phenoxy) is 2. The van der Waals surface area contributed by atoms with E-state index in [0.29, 0.717) is 12.2 Å². The van der Waals surface area contributed by atoms with Crippen LogP contribution in [0.2, 0.25) is 0 Å². The van der Waals surface area contributed by atoms with Gasteiger partial charge in [-0.2, -0.15) is 0 Å². The van der Waals surface area contributed by atoms with E-state index >= 15 is 0 Å². The monoisotopic (exact) mass is 320 g/mol. The first-order chi connectivity index (χ1) is 11.5. The summed E-state index contributed by atoms with van der Waals surface area (Å²) in [5.74, 6) is 2.60. The van der Waals surface area contributed by atoms with Crippen molar-refractivity contribution < 1.29 is 19.0 Å². The molecule has 2 aromatic carbocycles. The number of hydrogen-bond acceptors (Lipinski definition) is 4. The van der Waals surface area contributed by atoms with Crippen LogP contribution in [0.3, 0.4) is 0 Å². The number of furan rings is 1. The zero-order valence-corrected chi connectivity index (χ0v) is 13.4. The average molecular weight is 320 g/mol. The number of fused-ring (bicyclic) bond motifs is 7. The average Bonchev–Trinajstić information content (AvgIpc) is 2.90. The molecule has 24 heavy (non-hydrogen) atoms. The molecule has 0 unspecified atom stereocenters. The predicted molar refractivity (Wildman–Crippen MR) is 91.4 cm³/mol. The van der Waals surface area contributed by atoms with Crippen LogP contribution in [0.15, 0.2) is 40.8 Å². The van der Waals surface area contributed by atoms with E-state index in [4.69, 9.17) is 13.9 Å². The van der Waals surface area contributed by atoms with Crippen molar-refractivity contribution >= 4 is 17.0 Å². The Labute approximate surface area is 138 Å². The van der Waals surface area contributed by atoms with Gasteiger partial charge >= 0.3 is 0 Å².